The number of nitrogens with zero attached hydrogens (tertiary/aromatic N) is 1. The molecule has 128 valence electrons. The monoisotopic (exact) mass is 345 g/mol. The third-order valence-electron chi connectivity index (χ3n) is 3.82. The van der Waals surface area contributed by atoms with E-state index in [2.05, 4.69) is 6.92 Å². The molecule has 0 aromatic rings. The molecular weight excluding hydrogens is 313 g/mol. The Labute approximate surface area is 158 Å². The van der Waals surface area contributed by atoms with Crippen LogP contribution in [0, 0.1) is 0 Å². The van der Waals surface area contributed by atoms with Gasteiger partial charge in [0.15, 0.2) is 0 Å². The van der Waals surface area contributed by atoms with Gasteiger partial charge in [-0.15, -0.1) is 0 Å². The summed E-state index contributed by atoms with van der Waals surface area (Å²) >= 11 is 0. The van der Waals surface area contributed by atoms with Crippen LogP contribution in [0.1, 0.15) is 77.6 Å². The molecule has 0 fully saturated rings. The molecule has 0 saturated heterocycles. The van der Waals surface area contributed by atoms with E-state index in [0.29, 0.717) is 6.42 Å². The van der Waals surface area contributed by atoms with Crippen LogP contribution >= 0.6 is 0 Å². The number of hydroxylamine groups is 2. The first-order valence-corrected chi connectivity index (χ1v) is 9.80. The van der Waals surface area contributed by atoms with E-state index in [9.17, 15) is 18.2 Å². The van der Waals surface area contributed by atoms with Crippen molar-refractivity contribution in [1.29, 1.82) is 0 Å². The van der Waals surface area contributed by atoms with Gasteiger partial charge in [0.2, 0.25) is 0 Å². The molecule has 0 rings (SSSR count). The molecule has 0 heterocycles. The van der Waals surface area contributed by atoms with Gasteiger partial charge in [-0.1, -0.05) is 71.1 Å². The van der Waals surface area contributed by atoms with Crippen molar-refractivity contribution in [2.75, 3.05) is 12.8 Å². The third-order valence-corrected chi connectivity index (χ3v) is 4.61. The van der Waals surface area contributed by atoms with Gasteiger partial charge in [0.25, 0.3) is 0 Å². The van der Waals surface area contributed by atoms with Crippen molar-refractivity contribution >= 4 is 10.1 Å². The molecule has 1 atom stereocenters. The fourth-order valence-electron chi connectivity index (χ4n) is 2.48. The molecule has 22 heavy (non-hydrogen) atoms. The molecule has 1 N–H and O–H groups in total. The first-order chi connectivity index (χ1) is 9.87. The normalized spacial score (nSPS) is 13.1. The maximum absolute atomic E-state index is 10.7. The van der Waals surface area contributed by atoms with Crippen molar-refractivity contribution in [3.8, 4) is 0 Å². The molecule has 1 unspecified atom stereocenters. The summed E-state index contributed by atoms with van der Waals surface area (Å²) in [5.41, 5.74) is 0. The minimum Gasteiger partial charge on any atom is -0.748 e. The minimum absolute atomic E-state index is 0. The van der Waals surface area contributed by atoms with E-state index in [1.165, 1.54) is 52.0 Å². The quantitative estimate of drug-likeness (QED) is 0.215. The van der Waals surface area contributed by atoms with Crippen LogP contribution in [0.5, 0.6) is 0 Å². The first kappa shape index (κ1) is 25.1. The fraction of sp³-hybridized carbons (Fsp3) is 1.00. The summed E-state index contributed by atoms with van der Waals surface area (Å²) in [4.78, 5) is 0. The molecule has 0 spiro atoms. The zero-order chi connectivity index (χ0) is 16.1. The van der Waals surface area contributed by atoms with E-state index in [1.807, 2.05) is 0 Å². The molecular formula is C15H32NNaO4S. The van der Waals surface area contributed by atoms with Crippen molar-refractivity contribution in [3.63, 3.8) is 0 Å². The summed E-state index contributed by atoms with van der Waals surface area (Å²) in [5, 5.41) is 10.2. The second-order valence-electron chi connectivity index (χ2n) is 5.92. The van der Waals surface area contributed by atoms with Crippen molar-refractivity contribution in [2.45, 2.75) is 83.6 Å². The van der Waals surface area contributed by atoms with Gasteiger partial charge >= 0.3 is 29.6 Å². The van der Waals surface area contributed by atoms with Crippen LogP contribution in [0.15, 0.2) is 0 Å². The average molecular weight is 345 g/mol. The number of hydrogen-bond donors (Lipinski definition) is 1. The summed E-state index contributed by atoms with van der Waals surface area (Å²) < 4.78 is 32.2. The van der Waals surface area contributed by atoms with Crippen molar-refractivity contribution in [1.82, 2.24) is 5.06 Å². The van der Waals surface area contributed by atoms with Gasteiger partial charge in [-0.3, -0.25) is 0 Å². The molecule has 0 aromatic heterocycles. The minimum atomic E-state index is -4.28. The fourth-order valence-corrected chi connectivity index (χ4v) is 3.33. The molecule has 0 aromatic carbocycles. The molecule has 0 aliphatic carbocycles. The van der Waals surface area contributed by atoms with Crippen molar-refractivity contribution in [3.05, 3.63) is 0 Å². The molecule has 0 aliphatic heterocycles. The van der Waals surface area contributed by atoms with E-state index in [-0.39, 0.29) is 29.6 Å². The molecule has 7 heteroatoms. The van der Waals surface area contributed by atoms with Gasteiger partial charge in [-0.05, 0) is 6.42 Å². The second kappa shape index (κ2) is 15.4. The van der Waals surface area contributed by atoms with Crippen LogP contribution in [0.3, 0.4) is 0 Å². The largest absolute Gasteiger partial charge is 1.00 e. The summed E-state index contributed by atoms with van der Waals surface area (Å²) in [6, 6.07) is -0.582. The van der Waals surface area contributed by atoms with Crippen LogP contribution in [0.2, 0.25) is 0 Å². The van der Waals surface area contributed by atoms with Crippen LogP contribution in [-0.2, 0) is 10.1 Å². The number of rotatable bonds is 14. The standard InChI is InChI=1S/C15H33NO4S.Na/c1-3-4-5-6-7-8-9-10-11-12-13-15(16(2)17)14-21(18,19)20;/h15,17H,3-14H2,1-2H3,(H,18,19,20);/q;+1/p-1. The van der Waals surface area contributed by atoms with Gasteiger partial charge in [0.1, 0.15) is 0 Å². The second-order valence-corrected chi connectivity index (χ2v) is 7.37. The van der Waals surface area contributed by atoms with Gasteiger partial charge in [0.05, 0.1) is 15.9 Å². The predicted molar refractivity (Wildman–Crippen MR) is 84.4 cm³/mol. The third kappa shape index (κ3) is 17.2. The Bertz CT molecular complexity index is 336. The summed E-state index contributed by atoms with van der Waals surface area (Å²) in [5.74, 6) is -0.516. The van der Waals surface area contributed by atoms with E-state index < -0.39 is 21.9 Å². The molecule has 0 aliphatic rings. The van der Waals surface area contributed by atoms with Gasteiger partial charge in [0, 0.05) is 13.1 Å². The smallest absolute Gasteiger partial charge is 0.748 e. The van der Waals surface area contributed by atoms with E-state index in [0.717, 1.165) is 24.3 Å². The summed E-state index contributed by atoms with van der Waals surface area (Å²) in [6.45, 7) is 2.22. The van der Waals surface area contributed by atoms with Crippen LogP contribution in [0.25, 0.3) is 0 Å². The Kier molecular flexibility index (Phi) is 17.5. The number of unbranched alkanes of at least 4 members (excludes halogenated alkanes) is 9. The zero-order valence-corrected chi connectivity index (χ0v) is 17.4. The van der Waals surface area contributed by atoms with Gasteiger partial charge in [-0.2, -0.15) is 5.06 Å². The molecule has 0 amide bonds. The Morgan fingerprint density at radius 3 is 1.73 bits per heavy atom. The zero-order valence-electron chi connectivity index (χ0n) is 14.6. The van der Waals surface area contributed by atoms with E-state index in [1.54, 1.807) is 0 Å². The number of hydrogen-bond acceptors (Lipinski definition) is 5. The summed E-state index contributed by atoms with van der Waals surface area (Å²) in [6.07, 6.45) is 12.6. The van der Waals surface area contributed by atoms with E-state index in [4.69, 9.17) is 0 Å². The molecule has 0 bridgehead atoms. The predicted octanol–water partition coefficient (Wildman–Crippen LogP) is 0.536. The first-order valence-electron chi connectivity index (χ1n) is 8.22. The van der Waals surface area contributed by atoms with Crippen molar-refractivity contribution < 1.29 is 47.7 Å². The maximum atomic E-state index is 10.7. The molecule has 5 nitrogen and oxygen atoms in total. The Balaban J connectivity index is 0. The van der Waals surface area contributed by atoms with Crippen LogP contribution in [0.4, 0.5) is 0 Å². The van der Waals surface area contributed by atoms with Crippen molar-refractivity contribution in [2.24, 2.45) is 0 Å². The maximum Gasteiger partial charge on any atom is 1.00 e. The van der Waals surface area contributed by atoms with Gasteiger partial charge in [-0.25, -0.2) is 8.42 Å². The van der Waals surface area contributed by atoms with E-state index >= 15 is 0 Å². The van der Waals surface area contributed by atoms with Gasteiger partial charge < -0.3 is 9.76 Å². The average Bonchev–Trinajstić information content (AvgIpc) is 2.38. The Morgan fingerprint density at radius 1 is 0.955 bits per heavy atom. The summed E-state index contributed by atoms with van der Waals surface area (Å²) in [7, 11) is -2.89. The Morgan fingerprint density at radius 2 is 1.36 bits per heavy atom. The topological polar surface area (TPSA) is 80.7 Å². The molecule has 0 radical (unpaired) electrons. The van der Waals surface area contributed by atoms with Crippen LogP contribution < -0.4 is 29.6 Å². The molecule has 0 saturated carbocycles. The Hall–Kier alpha value is 0.830. The SMILES string of the molecule is CCCCCCCCCCCCC(CS(=O)(=O)[O-])N(C)O.[Na+]. The van der Waals surface area contributed by atoms with Crippen LogP contribution in [-0.4, -0.2) is 42.1 Å².